The molecule has 0 saturated carbocycles. The molecule has 128 valence electrons. The maximum atomic E-state index is 12.3. The van der Waals surface area contributed by atoms with E-state index in [1.165, 1.54) is 0 Å². The van der Waals surface area contributed by atoms with Crippen LogP contribution >= 0.6 is 23.2 Å². The lowest BCUT2D eigenvalue weighted by Gasteiger charge is -2.23. The van der Waals surface area contributed by atoms with Crippen LogP contribution in [-0.4, -0.2) is 24.5 Å². The van der Waals surface area contributed by atoms with Gasteiger partial charge in [-0.15, -0.1) is 0 Å². The largest absolute Gasteiger partial charge is 0.496 e. The highest BCUT2D eigenvalue weighted by molar-refractivity contribution is 6.35. The number of benzene rings is 2. The molecule has 0 aliphatic carbocycles. The number of hydrogen-bond acceptors (Lipinski definition) is 2. The lowest BCUT2D eigenvalue weighted by molar-refractivity contribution is -0.131. The molecule has 0 aliphatic rings. The third kappa shape index (κ3) is 4.89. The number of amides is 1. The number of carbonyl (C=O) groups excluding carboxylic acids is 1. The normalized spacial score (nSPS) is 10.5. The molecular weight excluding hydrogens is 345 g/mol. The molecule has 2 aromatic rings. The predicted molar refractivity (Wildman–Crippen MR) is 98.9 cm³/mol. The van der Waals surface area contributed by atoms with Gasteiger partial charge in [0, 0.05) is 35.1 Å². The van der Waals surface area contributed by atoms with Gasteiger partial charge in [0.05, 0.1) is 7.11 Å². The van der Waals surface area contributed by atoms with Gasteiger partial charge >= 0.3 is 0 Å². The SMILES string of the molecule is CCC(=O)N(CCc1ccc(Cl)cc1Cl)Cc1ccccc1OC. The fourth-order valence-electron chi connectivity index (χ4n) is 2.53. The summed E-state index contributed by atoms with van der Waals surface area (Å²) in [4.78, 5) is 14.1. The summed E-state index contributed by atoms with van der Waals surface area (Å²) < 4.78 is 5.38. The van der Waals surface area contributed by atoms with Gasteiger partial charge in [-0.2, -0.15) is 0 Å². The molecule has 0 N–H and O–H groups in total. The predicted octanol–water partition coefficient (Wildman–Crippen LogP) is 4.98. The van der Waals surface area contributed by atoms with Crippen molar-refractivity contribution >= 4 is 29.1 Å². The molecule has 24 heavy (non-hydrogen) atoms. The van der Waals surface area contributed by atoms with Gasteiger partial charge in [-0.25, -0.2) is 0 Å². The van der Waals surface area contributed by atoms with Crippen LogP contribution in [0.4, 0.5) is 0 Å². The van der Waals surface area contributed by atoms with E-state index in [1.54, 1.807) is 13.2 Å². The summed E-state index contributed by atoms with van der Waals surface area (Å²) in [6, 6.07) is 13.2. The van der Waals surface area contributed by atoms with Crippen molar-refractivity contribution < 1.29 is 9.53 Å². The highest BCUT2D eigenvalue weighted by Gasteiger charge is 2.15. The molecule has 0 atom stereocenters. The summed E-state index contributed by atoms with van der Waals surface area (Å²) in [5, 5.41) is 1.24. The van der Waals surface area contributed by atoms with Crippen LogP contribution in [0.25, 0.3) is 0 Å². The van der Waals surface area contributed by atoms with E-state index >= 15 is 0 Å². The fraction of sp³-hybridized carbons (Fsp3) is 0.316. The summed E-state index contributed by atoms with van der Waals surface area (Å²) in [6.07, 6.45) is 1.14. The number of rotatable bonds is 7. The number of hydrogen-bond donors (Lipinski definition) is 0. The second kappa shape index (κ2) is 8.95. The molecule has 0 heterocycles. The van der Waals surface area contributed by atoms with Crippen molar-refractivity contribution in [3.05, 3.63) is 63.6 Å². The minimum absolute atomic E-state index is 0.103. The summed E-state index contributed by atoms with van der Waals surface area (Å²) in [6.45, 7) is 2.97. The van der Waals surface area contributed by atoms with Crippen molar-refractivity contribution in [3.63, 3.8) is 0 Å². The van der Waals surface area contributed by atoms with Gasteiger partial charge < -0.3 is 9.64 Å². The van der Waals surface area contributed by atoms with Gasteiger partial charge in [0.25, 0.3) is 0 Å². The third-order valence-corrected chi connectivity index (χ3v) is 4.46. The Balaban J connectivity index is 2.12. The van der Waals surface area contributed by atoms with Crippen molar-refractivity contribution in [2.45, 2.75) is 26.3 Å². The quantitative estimate of drug-likeness (QED) is 0.691. The van der Waals surface area contributed by atoms with Crippen molar-refractivity contribution in [2.24, 2.45) is 0 Å². The van der Waals surface area contributed by atoms with E-state index in [9.17, 15) is 4.79 Å². The summed E-state index contributed by atoms with van der Waals surface area (Å²) in [7, 11) is 1.64. The molecule has 0 unspecified atom stereocenters. The number of nitrogens with zero attached hydrogens (tertiary/aromatic N) is 1. The molecule has 1 amide bonds. The Morgan fingerprint density at radius 1 is 1.12 bits per heavy atom. The fourth-order valence-corrected chi connectivity index (χ4v) is 3.04. The zero-order chi connectivity index (χ0) is 17.5. The molecule has 0 aliphatic heterocycles. The van der Waals surface area contributed by atoms with E-state index in [0.717, 1.165) is 16.9 Å². The van der Waals surface area contributed by atoms with Crippen LogP contribution in [-0.2, 0) is 17.8 Å². The van der Waals surface area contributed by atoms with E-state index in [0.29, 0.717) is 36.0 Å². The molecule has 2 aromatic carbocycles. The average Bonchev–Trinajstić information content (AvgIpc) is 2.59. The summed E-state index contributed by atoms with van der Waals surface area (Å²) >= 11 is 12.2. The lowest BCUT2D eigenvalue weighted by atomic mass is 10.1. The number of para-hydroxylation sites is 1. The first kappa shape index (κ1) is 18.6. The van der Waals surface area contributed by atoms with Crippen molar-refractivity contribution in [1.82, 2.24) is 4.90 Å². The maximum Gasteiger partial charge on any atom is 0.222 e. The highest BCUT2D eigenvalue weighted by Crippen LogP contribution is 2.23. The standard InChI is InChI=1S/C19H21Cl2NO2/c1-3-19(23)22(13-15-6-4-5-7-18(15)24-2)11-10-14-8-9-16(20)12-17(14)21/h4-9,12H,3,10-11,13H2,1-2H3. The van der Waals surface area contributed by atoms with Crippen LogP contribution in [0.3, 0.4) is 0 Å². The topological polar surface area (TPSA) is 29.5 Å². The minimum Gasteiger partial charge on any atom is -0.496 e. The van der Waals surface area contributed by atoms with Gasteiger partial charge in [0.1, 0.15) is 5.75 Å². The van der Waals surface area contributed by atoms with Gasteiger partial charge in [-0.1, -0.05) is 54.4 Å². The maximum absolute atomic E-state index is 12.3. The number of ether oxygens (including phenoxy) is 1. The monoisotopic (exact) mass is 365 g/mol. The molecule has 0 saturated heterocycles. The van der Waals surface area contributed by atoms with Gasteiger partial charge in [-0.05, 0) is 30.2 Å². The number of carbonyl (C=O) groups is 1. The second-order valence-electron chi connectivity index (χ2n) is 5.47. The van der Waals surface area contributed by atoms with Crippen LogP contribution in [0.5, 0.6) is 5.75 Å². The zero-order valence-electron chi connectivity index (χ0n) is 13.9. The average molecular weight is 366 g/mol. The number of methoxy groups -OCH3 is 1. The van der Waals surface area contributed by atoms with E-state index < -0.39 is 0 Å². The van der Waals surface area contributed by atoms with Crippen LogP contribution in [0.1, 0.15) is 24.5 Å². The third-order valence-electron chi connectivity index (χ3n) is 3.88. The molecule has 0 spiro atoms. The molecular formula is C19H21Cl2NO2. The van der Waals surface area contributed by atoms with E-state index in [2.05, 4.69) is 0 Å². The van der Waals surface area contributed by atoms with Crippen LogP contribution in [0.15, 0.2) is 42.5 Å². The Kier molecular flexibility index (Phi) is 6.95. The van der Waals surface area contributed by atoms with E-state index in [4.69, 9.17) is 27.9 Å². The second-order valence-corrected chi connectivity index (χ2v) is 6.31. The molecule has 0 aromatic heterocycles. The van der Waals surface area contributed by atoms with Crippen LogP contribution < -0.4 is 4.74 Å². The molecule has 0 radical (unpaired) electrons. The Labute approximate surface area is 153 Å². The highest BCUT2D eigenvalue weighted by atomic mass is 35.5. The first-order chi connectivity index (χ1) is 11.5. The van der Waals surface area contributed by atoms with Crippen molar-refractivity contribution in [2.75, 3.05) is 13.7 Å². The smallest absolute Gasteiger partial charge is 0.222 e. The Bertz CT molecular complexity index is 704. The van der Waals surface area contributed by atoms with Crippen molar-refractivity contribution in [3.8, 4) is 5.75 Å². The van der Waals surface area contributed by atoms with Gasteiger partial charge in [0.2, 0.25) is 5.91 Å². The zero-order valence-corrected chi connectivity index (χ0v) is 15.4. The molecule has 5 heteroatoms. The summed E-state index contributed by atoms with van der Waals surface area (Å²) in [5.74, 6) is 0.891. The molecule has 0 bridgehead atoms. The molecule has 3 nitrogen and oxygen atoms in total. The Morgan fingerprint density at radius 3 is 2.54 bits per heavy atom. The number of halogens is 2. The first-order valence-corrected chi connectivity index (χ1v) is 8.64. The molecule has 2 rings (SSSR count). The Hall–Kier alpha value is -1.71. The van der Waals surface area contributed by atoms with Gasteiger partial charge in [-0.3, -0.25) is 4.79 Å². The van der Waals surface area contributed by atoms with Crippen LogP contribution in [0.2, 0.25) is 10.0 Å². The molecule has 0 fully saturated rings. The first-order valence-electron chi connectivity index (χ1n) is 7.88. The summed E-state index contributed by atoms with van der Waals surface area (Å²) in [5.41, 5.74) is 1.97. The Morgan fingerprint density at radius 2 is 1.88 bits per heavy atom. The minimum atomic E-state index is 0.103. The van der Waals surface area contributed by atoms with E-state index in [1.807, 2.05) is 48.2 Å². The van der Waals surface area contributed by atoms with E-state index in [-0.39, 0.29) is 5.91 Å². The lowest BCUT2D eigenvalue weighted by Crippen LogP contribution is -2.32. The van der Waals surface area contributed by atoms with Crippen LogP contribution in [0, 0.1) is 0 Å². The van der Waals surface area contributed by atoms with Gasteiger partial charge in [0.15, 0.2) is 0 Å². The van der Waals surface area contributed by atoms with Crippen molar-refractivity contribution in [1.29, 1.82) is 0 Å².